The molecule has 0 fully saturated rings. The summed E-state index contributed by atoms with van der Waals surface area (Å²) in [5.74, 6) is 0. The van der Waals surface area contributed by atoms with Crippen molar-refractivity contribution in [2.24, 2.45) is 9.98 Å². The highest BCUT2D eigenvalue weighted by molar-refractivity contribution is 7.80. The van der Waals surface area contributed by atoms with Crippen molar-refractivity contribution < 1.29 is 0 Å². The molecule has 358 valence electrons. The lowest BCUT2D eigenvalue weighted by molar-refractivity contribution is 1.27. The van der Waals surface area contributed by atoms with Crippen LogP contribution in [0.2, 0.25) is 0 Å². The van der Waals surface area contributed by atoms with Gasteiger partial charge in [-0.3, -0.25) is 9.98 Å². The Hall–Kier alpha value is -8.97. The zero-order valence-electron chi connectivity index (χ0n) is 41.5. The fourth-order valence-electron chi connectivity index (χ4n) is 10.7. The number of aromatic nitrogens is 1. The first-order chi connectivity index (χ1) is 37.7. The number of hydrogen-bond acceptors (Lipinski definition) is 3. The highest BCUT2D eigenvalue weighted by Gasteiger charge is 2.26. The molecule has 0 saturated heterocycles. The van der Waals surface area contributed by atoms with Crippen LogP contribution in [0.25, 0.3) is 65.3 Å². The van der Waals surface area contributed by atoms with Gasteiger partial charge in [-0.2, -0.15) is 0 Å². The van der Waals surface area contributed by atoms with Gasteiger partial charge in [0.15, 0.2) is 0 Å². The average Bonchev–Trinajstić information content (AvgIpc) is 3.55. The van der Waals surface area contributed by atoms with E-state index in [0.717, 1.165) is 55.4 Å². The molecule has 0 bridgehead atoms. The van der Waals surface area contributed by atoms with Gasteiger partial charge in [-0.1, -0.05) is 261 Å². The van der Waals surface area contributed by atoms with E-state index >= 15 is 0 Å². The van der Waals surface area contributed by atoms with Gasteiger partial charge in [0.05, 0.1) is 35.2 Å². The van der Waals surface area contributed by atoms with E-state index in [1.807, 2.05) is 30.6 Å². The average molecular weight is 1010 g/mol. The van der Waals surface area contributed by atoms with Gasteiger partial charge in [0.1, 0.15) is 0 Å². The van der Waals surface area contributed by atoms with Crippen molar-refractivity contribution in [1.29, 1.82) is 0 Å². The molecule has 13 aromatic rings. The maximum Gasteiger partial charge on any atom is 0.0820 e. The predicted octanol–water partition coefficient (Wildman–Crippen LogP) is 16.0. The Kier molecular flexibility index (Phi) is 13.0. The van der Waals surface area contributed by atoms with Crippen molar-refractivity contribution in [3.05, 3.63) is 297 Å². The molecule has 0 saturated carbocycles. The summed E-state index contributed by atoms with van der Waals surface area (Å²) >= 11 is 0. The summed E-state index contributed by atoms with van der Waals surface area (Å²) in [6.45, 7) is 0. The summed E-state index contributed by atoms with van der Waals surface area (Å²) in [5.41, 5.74) is 7.87. The third kappa shape index (κ3) is 9.11. The largest absolute Gasteiger partial charge is 0.254 e. The number of benzene rings is 12. The summed E-state index contributed by atoms with van der Waals surface area (Å²) in [7, 11) is -1.91. The molecule has 0 aliphatic heterocycles. The van der Waals surface area contributed by atoms with Gasteiger partial charge in [-0.05, 0) is 115 Å². The first-order valence-electron chi connectivity index (χ1n) is 25.7. The number of hydrogen-bond donors (Lipinski definition) is 0. The Balaban J connectivity index is 0.941. The molecular formula is C71H49N3P2. The second-order valence-electron chi connectivity index (χ2n) is 18.7. The van der Waals surface area contributed by atoms with Gasteiger partial charge in [0, 0.05) is 22.3 Å². The standard InChI is InChI=1S/C71H49N3P2/c1-5-28-56(29-6-1)75(57-30-7-2-8-31-57)66-46-42-52-24-15-19-38-62(52)70(66)68-60-36-17-13-22-50(60)40-44-64(68)72-48-54-26-21-27-55(74-54)49-73-65-45-41-51-23-14-18-37-61(51)69(65)71-63-39-20-16-25-53(63)43-47-67(71)76(58-32-9-3-10-33-58)59-34-11-4-12-35-59/h1-49H. The summed E-state index contributed by atoms with van der Waals surface area (Å²) in [4.78, 5) is 16.0. The van der Waals surface area contributed by atoms with E-state index in [0.29, 0.717) is 0 Å². The Morgan fingerprint density at radius 3 is 0.882 bits per heavy atom. The van der Waals surface area contributed by atoms with Crippen LogP contribution in [-0.2, 0) is 0 Å². The van der Waals surface area contributed by atoms with Crippen LogP contribution in [0.1, 0.15) is 11.4 Å². The SMILES string of the molecule is C(=Nc1ccc2ccccc2c1-c1c(P(c2ccccc2)c2ccccc2)ccc2ccccc12)c1cccc(C=Nc2ccc3ccccc3c2-c2c(P(c3ccccc3)c3ccccc3)ccc3ccccc23)n1. The molecule has 0 N–H and O–H groups in total. The lowest BCUT2D eigenvalue weighted by Gasteiger charge is -2.25. The smallest absolute Gasteiger partial charge is 0.0820 e. The summed E-state index contributed by atoms with van der Waals surface area (Å²) < 4.78 is 0. The van der Waals surface area contributed by atoms with Crippen LogP contribution in [-0.4, -0.2) is 17.4 Å². The van der Waals surface area contributed by atoms with Gasteiger partial charge < -0.3 is 0 Å². The zero-order chi connectivity index (χ0) is 50.6. The van der Waals surface area contributed by atoms with Crippen molar-refractivity contribution in [1.82, 2.24) is 4.98 Å². The highest BCUT2D eigenvalue weighted by Crippen LogP contribution is 2.47. The van der Waals surface area contributed by atoms with Crippen molar-refractivity contribution in [2.45, 2.75) is 0 Å². The van der Waals surface area contributed by atoms with Crippen LogP contribution in [0.15, 0.2) is 295 Å². The molecule has 0 amide bonds. The minimum absolute atomic E-state index is 0.739. The topological polar surface area (TPSA) is 37.6 Å². The van der Waals surface area contributed by atoms with Gasteiger partial charge >= 0.3 is 0 Å². The van der Waals surface area contributed by atoms with Gasteiger partial charge in [-0.15, -0.1) is 0 Å². The van der Waals surface area contributed by atoms with E-state index in [2.05, 4.69) is 267 Å². The molecule has 12 aromatic carbocycles. The first kappa shape index (κ1) is 46.8. The molecule has 5 heteroatoms. The van der Waals surface area contributed by atoms with Crippen LogP contribution < -0.4 is 31.8 Å². The predicted molar refractivity (Wildman–Crippen MR) is 330 cm³/mol. The summed E-state index contributed by atoms with van der Waals surface area (Å²) in [6, 6.07) is 103. The Morgan fingerprint density at radius 2 is 0.539 bits per heavy atom. The molecular weight excluding hydrogens is 957 g/mol. The molecule has 13 rings (SSSR count). The lowest BCUT2D eigenvalue weighted by Crippen LogP contribution is -2.22. The maximum absolute atomic E-state index is 5.39. The first-order valence-corrected chi connectivity index (χ1v) is 28.4. The Bertz CT molecular complexity index is 3940. The molecule has 0 radical (unpaired) electrons. The Morgan fingerprint density at radius 1 is 0.250 bits per heavy atom. The van der Waals surface area contributed by atoms with Gasteiger partial charge in [0.25, 0.3) is 0 Å². The monoisotopic (exact) mass is 1010 g/mol. The van der Waals surface area contributed by atoms with Crippen LogP contribution in [0.3, 0.4) is 0 Å². The van der Waals surface area contributed by atoms with E-state index in [4.69, 9.17) is 15.0 Å². The molecule has 0 aliphatic rings. The van der Waals surface area contributed by atoms with Crippen molar-refractivity contribution >= 4 is 115 Å². The van der Waals surface area contributed by atoms with Crippen molar-refractivity contribution in [2.75, 3.05) is 0 Å². The molecule has 1 aromatic heterocycles. The third-order valence-electron chi connectivity index (χ3n) is 14.1. The second kappa shape index (κ2) is 21.1. The van der Waals surface area contributed by atoms with E-state index < -0.39 is 15.8 Å². The Labute approximate surface area is 445 Å². The molecule has 1 heterocycles. The molecule has 3 nitrogen and oxygen atoms in total. The number of nitrogens with zero attached hydrogens (tertiary/aromatic N) is 3. The van der Waals surface area contributed by atoms with Crippen molar-refractivity contribution in [3.8, 4) is 22.3 Å². The quantitative estimate of drug-likeness (QED) is 0.0888. The maximum atomic E-state index is 5.39. The van der Waals surface area contributed by atoms with Crippen LogP contribution in [0, 0.1) is 0 Å². The molecule has 0 atom stereocenters. The number of rotatable bonds is 12. The number of fused-ring (bicyclic) bond motifs is 4. The molecule has 0 aliphatic carbocycles. The normalized spacial score (nSPS) is 11.8. The lowest BCUT2D eigenvalue weighted by atomic mass is 9.92. The summed E-state index contributed by atoms with van der Waals surface area (Å²) in [6.07, 6.45) is 3.82. The van der Waals surface area contributed by atoms with Crippen LogP contribution in [0.4, 0.5) is 11.4 Å². The van der Waals surface area contributed by atoms with Crippen LogP contribution in [0.5, 0.6) is 0 Å². The van der Waals surface area contributed by atoms with E-state index in [-0.39, 0.29) is 0 Å². The van der Waals surface area contributed by atoms with Gasteiger partial charge in [-0.25, -0.2) is 4.98 Å². The molecule has 0 unspecified atom stereocenters. The van der Waals surface area contributed by atoms with Gasteiger partial charge in [0.2, 0.25) is 0 Å². The minimum Gasteiger partial charge on any atom is -0.254 e. The van der Waals surface area contributed by atoms with E-state index in [1.165, 1.54) is 64.5 Å². The number of pyridine rings is 1. The van der Waals surface area contributed by atoms with Crippen LogP contribution >= 0.6 is 15.8 Å². The second-order valence-corrected chi connectivity index (χ2v) is 23.1. The summed E-state index contributed by atoms with van der Waals surface area (Å²) in [5, 5.41) is 17.2. The van der Waals surface area contributed by atoms with E-state index in [1.54, 1.807) is 0 Å². The van der Waals surface area contributed by atoms with Crippen molar-refractivity contribution in [3.63, 3.8) is 0 Å². The molecule has 0 spiro atoms. The molecule has 76 heavy (non-hydrogen) atoms. The fraction of sp³-hybridized carbons (Fsp3) is 0. The highest BCUT2D eigenvalue weighted by atomic mass is 31.1. The zero-order valence-corrected chi connectivity index (χ0v) is 43.3. The van der Waals surface area contributed by atoms with E-state index in [9.17, 15) is 0 Å². The minimum atomic E-state index is -0.954. The fourth-order valence-corrected chi connectivity index (χ4v) is 15.7. The number of aliphatic imine (C=N–C) groups is 2. The third-order valence-corrected chi connectivity index (χ3v) is 19.1.